The molecule has 2 rings (SSSR count). The highest BCUT2D eigenvalue weighted by Gasteiger charge is 2.14. The average Bonchev–Trinajstić information content (AvgIpc) is 2.54. The van der Waals surface area contributed by atoms with E-state index in [4.69, 9.17) is 10.8 Å². The molecule has 4 nitrogen and oxygen atoms in total. The third-order valence-electron chi connectivity index (χ3n) is 3.25. The molecule has 1 unspecified atom stereocenters. The average molecular weight is 234 g/mol. The van der Waals surface area contributed by atoms with E-state index in [1.807, 2.05) is 12.1 Å². The van der Waals surface area contributed by atoms with Gasteiger partial charge in [0.05, 0.1) is 5.56 Å². The van der Waals surface area contributed by atoms with Crippen molar-refractivity contribution in [1.82, 2.24) is 0 Å². The molecule has 1 aromatic carbocycles. The highest BCUT2D eigenvalue weighted by molar-refractivity contribution is 5.88. The van der Waals surface area contributed by atoms with Gasteiger partial charge in [0, 0.05) is 24.8 Å². The molecule has 1 aliphatic rings. The summed E-state index contributed by atoms with van der Waals surface area (Å²) in [7, 11) is 0. The van der Waals surface area contributed by atoms with E-state index >= 15 is 0 Å². The number of anilines is 1. The summed E-state index contributed by atoms with van der Waals surface area (Å²) in [5.41, 5.74) is 7.36. The maximum absolute atomic E-state index is 10.8. The first kappa shape index (κ1) is 11.9. The van der Waals surface area contributed by atoms with Crippen molar-refractivity contribution in [3.05, 3.63) is 29.8 Å². The molecule has 3 N–H and O–H groups in total. The van der Waals surface area contributed by atoms with Crippen molar-refractivity contribution in [2.24, 2.45) is 5.73 Å². The SMILES string of the molecule is NC1CCCN(c2ccc(C(=O)O)cc2)CC1. The van der Waals surface area contributed by atoms with Crippen LogP contribution in [0.4, 0.5) is 5.69 Å². The lowest BCUT2D eigenvalue weighted by atomic mass is 10.1. The third kappa shape index (κ3) is 2.97. The summed E-state index contributed by atoms with van der Waals surface area (Å²) in [5, 5.41) is 8.84. The number of nitrogens with two attached hydrogens (primary N) is 1. The van der Waals surface area contributed by atoms with Gasteiger partial charge in [-0.05, 0) is 43.5 Å². The van der Waals surface area contributed by atoms with Crippen molar-refractivity contribution in [3.63, 3.8) is 0 Å². The molecule has 0 radical (unpaired) electrons. The Bertz CT molecular complexity index is 389. The minimum atomic E-state index is -0.880. The second kappa shape index (κ2) is 5.19. The molecule has 1 aromatic rings. The van der Waals surface area contributed by atoms with Crippen LogP contribution in [0.25, 0.3) is 0 Å². The minimum absolute atomic E-state index is 0.304. The minimum Gasteiger partial charge on any atom is -0.478 e. The van der Waals surface area contributed by atoms with Crippen molar-refractivity contribution >= 4 is 11.7 Å². The van der Waals surface area contributed by atoms with E-state index < -0.39 is 5.97 Å². The number of hydrogen-bond donors (Lipinski definition) is 2. The monoisotopic (exact) mass is 234 g/mol. The van der Waals surface area contributed by atoms with Crippen LogP contribution < -0.4 is 10.6 Å². The molecular formula is C13H18N2O2. The Morgan fingerprint density at radius 1 is 1.24 bits per heavy atom. The molecule has 0 aromatic heterocycles. The Hall–Kier alpha value is -1.55. The zero-order valence-electron chi connectivity index (χ0n) is 9.80. The van der Waals surface area contributed by atoms with Gasteiger partial charge in [0.1, 0.15) is 0 Å². The number of benzene rings is 1. The Labute approximate surface area is 101 Å². The zero-order chi connectivity index (χ0) is 12.3. The van der Waals surface area contributed by atoms with Crippen LogP contribution in [0.2, 0.25) is 0 Å². The first-order chi connectivity index (χ1) is 8.16. The molecule has 17 heavy (non-hydrogen) atoms. The molecule has 1 saturated heterocycles. The molecule has 4 heteroatoms. The van der Waals surface area contributed by atoms with E-state index in [1.165, 1.54) is 0 Å². The molecule has 0 bridgehead atoms. The van der Waals surface area contributed by atoms with Crippen LogP contribution in [-0.4, -0.2) is 30.2 Å². The van der Waals surface area contributed by atoms with Crippen LogP contribution in [0, 0.1) is 0 Å². The summed E-state index contributed by atoms with van der Waals surface area (Å²) in [6, 6.07) is 7.37. The predicted octanol–water partition coefficient (Wildman–Crippen LogP) is 1.70. The largest absolute Gasteiger partial charge is 0.478 e. The second-order valence-corrected chi connectivity index (χ2v) is 4.53. The van der Waals surface area contributed by atoms with Gasteiger partial charge in [0.25, 0.3) is 0 Å². The lowest BCUT2D eigenvalue weighted by Gasteiger charge is -2.22. The maximum Gasteiger partial charge on any atom is 0.335 e. The van der Waals surface area contributed by atoms with Gasteiger partial charge >= 0.3 is 5.97 Å². The van der Waals surface area contributed by atoms with Crippen molar-refractivity contribution in [2.75, 3.05) is 18.0 Å². The summed E-state index contributed by atoms with van der Waals surface area (Å²) >= 11 is 0. The zero-order valence-corrected chi connectivity index (χ0v) is 9.80. The topological polar surface area (TPSA) is 66.6 Å². The van der Waals surface area contributed by atoms with Gasteiger partial charge in [-0.3, -0.25) is 0 Å². The fourth-order valence-electron chi connectivity index (χ4n) is 2.20. The van der Waals surface area contributed by atoms with Crippen LogP contribution >= 0.6 is 0 Å². The molecule has 1 fully saturated rings. The molecule has 92 valence electrons. The first-order valence-electron chi connectivity index (χ1n) is 6.00. The summed E-state index contributed by atoms with van der Waals surface area (Å²) in [4.78, 5) is 13.0. The van der Waals surface area contributed by atoms with Gasteiger partial charge in [-0.1, -0.05) is 0 Å². The Morgan fingerprint density at radius 2 is 1.94 bits per heavy atom. The molecule has 0 amide bonds. The number of carboxylic acids is 1. The number of nitrogens with zero attached hydrogens (tertiary/aromatic N) is 1. The van der Waals surface area contributed by atoms with Crippen LogP contribution in [-0.2, 0) is 0 Å². The molecule has 0 saturated carbocycles. The van der Waals surface area contributed by atoms with E-state index in [-0.39, 0.29) is 0 Å². The highest BCUT2D eigenvalue weighted by atomic mass is 16.4. The van der Waals surface area contributed by atoms with Crippen LogP contribution in [0.3, 0.4) is 0 Å². The van der Waals surface area contributed by atoms with Gasteiger partial charge in [0.15, 0.2) is 0 Å². The molecule has 0 aliphatic carbocycles. The summed E-state index contributed by atoms with van der Waals surface area (Å²) in [5.74, 6) is -0.880. The maximum atomic E-state index is 10.8. The predicted molar refractivity (Wildman–Crippen MR) is 67.4 cm³/mol. The Kier molecular flexibility index (Phi) is 3.64. The number of carbonyl (C=O) groups is 1. The van der Waals surface area contributed by atoms with Crippen molar-refractivity contribution in [1.29, 1.82) is 0 Å². The fraction of sp³-hybridized carbons (Fsp3) is 0.462. The number of rotatable bonds is 2. The van der Waals surface area contributed by atoms with Crippen LogP contribution in [0.15, 0.2) is 24.3 Å². The summed E-state index contributed by atoms with van der Waals surface area (Å²) in [6.45, 7) is 1.95. The van der Waals surface area contributed by atoms with Gasteiger partial charge < -0.3 is 15.7 Å². The quantitative estimate of drug-likeness (QED) is 0.817. The summed E-state index contributed by atoms with van der Waals surface area (Å²) in [6.07, 6.45) is 3.17. The van der Waals surface area contributed by atoms with Crippen molar-refractivity contribution in [3.8, 4) is 0 Å². The molecule has 1 atom stereocenters. The van der Waals surface area contributed by atoms with E-state index in [9.17, 15) is 4.79 Å². The highest BCUT2D eigenvalue weighted by Crippen LogP contribution is 2.19. The third-order valence-corrected chi connectivity index (χ3v) is 3.25. The van der Waals surface area contributed by atoms with E-state index in [2.05, 4.69) is 4.90 Å². The van der Waals surface area contributed by atoms with Gasteiger partial charge in [-0.2, -0.15) is 0 Å². The fourth-order valence-corrected chi connectivity index (χ4v) is 2.20. The molecular weight excluding hydrogens is 216 g/mol. The van der Waals surface area contributed by atoms with Crippen molar-refractivity contribution < 1.29 is 9.90 Å². The molecule has 0 spiro atoms. The Morgan fingerprint density at radius 3 is 2.59 bits per heavy atom. The van der Waals surface area contributed by atoms with Crippen molar-refractivity contribution in [2.45, 2.75) is 25.3 Å². The normalized spacial score (nSPS) is 21.0. The first-order valence-corrected chi connectivity index (χ1v) is 6.00. The van der Waals surface area contributed by atoms with E-state index in [0.717, 1.165) is 38.0 Å². The number of aromatic carboxylic acids is 1. The lowest BCUT2D eigenvalue weighted by Crippen LogP contribution is -2.26. The van der Waals surface area contributed by atoms with E-state index in [1.54, 1.807) is 12.1 Å². The van der Waals surface area contributed by atoms with Gasteiger partial charge in [0.2, 0.25) is 0 Å². The summed E-state index contributed by atoms with van der Waals surface area (Å²) < 4.78 is 0. The number of carboxylic acid groups (broad SMARTS) is 1. The van der Waals surface area contributed by atoms with Gasteiger partial charge in [-0.15, -0.1) is 0 Å². The van der Waals surface area contributed by atoms with Gasteiger partial charge in [-0.25, -0.2) is 4.79 Å². The smallest absolute Gasteiger partial charge is 0.335 e. The molecule has 1 heterocycles. The van der Waals surface area contributed by atoms with Crippen LogP contribution in [0.5, 0.6) is 0 Å². The van der Waals surface area contributed by atoms with Crippen LogP contribution in [0.1, 0.15) is 29.6 Å². The lowest BCUT2D eigenvalue weighted by molar-refractivity contribution is 0.0697. The Balaban J connectivity index is 2.08. The second-order valence-electron chi connectivity index (χ2n) is 4.53. The van der Waals surface area contributed by atoms with E-state index in [0.29, 0.717) is 11.6 Å². The standard InChI is InChI=1S/C13H18N2O2/c14-11-2-1-8-15(9-7-11)12-5-3-10(4-6-12)13(16)17/h3-6,11H,1-2,7-9,14H2,(H,16,17). The molecule has 1 aliphatic heterocycles. The number of hydrogen-bond acceptors (Lipinski definition) is 3.